The Morgan fingerprint density at radius 1 is 0.271 bits per heavy atom. The molecule has 0 rings (SSSR count). The van der Waals surface area contributed by atoms with E-state index in [1.807, 2.05) is 9.80 Å². The van der Waals surface area contributed by atoms with Crippen LogP contribution in [-0.4, -0.2) is 177 Å². The number of hydrogen-bond acceptors (Lipinski definition) is 14. The summed E-state index contributed by atoms with van der Waals surface area (Å²) >= 11 is 0. The number of nitrogens with zero attached hydrogens (tertiary/aromatic N) is 4. The monoisotopic (exact) mass is 846 g/mol. The summed E-state index contributed by atoms with van der Waals surface area (Å²) in [5.41, 5.74) is 0. The fraction of sp³-hybridized carbons (Fsp3) is 0.722. The summed E-state index contributed by atoms with van der Waals surface area (Å²) in [6, 6.07) is 0. The van der Waals surface area contributed by atoms with Gasteiger partial charge in [-0.3, -0.25) is 67.5 Å². The third-order valence-electron chi connectivity index (χ3n) is 7.23. The van der Waals surface area contributed by atoms with Crippen LogP contribution in [-0.2, 0) is 47.9 Å². The van der Waals surface area contributed by atoms with Crippen LogP contribution in [0, 0.1) is 0 Å². The first-order valence-electron chi connectivity index (χ1n) is 19.1. The average Bonchev–Trinajstić information content (AvgIpc) is 3.10. The summed E-state index contributed by atoms with van der Waals surface area (Å²) in [7, 11) is 0. The van der Waals surface area contributed by atoms with Gasteiger partial charge in [0.15, 0.2) is 0 Å². The Morgan fingerprint density at radius 3 is 0.661 bits per heavy atom. The molecule has 0 bridgehead atoms. The Balaban J connectivity index is -0.000000815. The molecule has 0 saturated carbocycles. The molecule has 23 heteroatoms. The highest BCUT2D eigenvalue weighted by molar-refractivity contribution is 5.76. The summed E-state index contributed by atoms with van der Waals surface area (Å²) in [5.74, 6) is -1.09. The molecule has 0 aliphatic rings. The van der Waals surface area contributed by atoms with Crippen molar-refractivity contribution in [2.24, 2.45) is 0 Å². The van der Waals surface area contributed by atoms with Crippen LogP contribution in [0.15, 0.2) is 0 Å². The first-order chi connectivity index (χ1) is 27.5. The third kappa shape index (κ3) is 48.8. The second kappa shape index (κ2) is 37.0. The van der Waals surface area contributed by atoms with E-state index in [-0.39, 0.29) is 85.6 Å². The van der Waals surface area contributed by atoms with Crippen LogP contribution in [0.4, 0.5) is 0 Å². The van der Waals surface area contributed by atoms with E-state index >= 15 is 0 Å². The van der Waals surface area contributed by atoms with Crippen LogP contribution in [0.2, 0.25) is 0 Å². The van der Waals surface area contributed by atoms with Gasteiger partial charge in [0.2, 0.25) is 53.2 Å². The van der Waals surface area contributed by atoms with E-state index < -0.39 is 0 Å². The van der Waals surface area contributed by atoms with Crippen molar-refractivity contribution in [1.29, 1.82) is 0 Å². The maximum atomic E-state index is 11.0. The second-order valence-corrected chi connectivity index (χ2v) is 13.3. The Labute approximate surface area is 348 Å². The van der Waals surface area contributed by atoms with Gasteiger partial charge in [0.05, 0.1) is 40.0 Å². The highest BCUT2D eigenvalue weighted by Gasteiger charge is 2.12. The summed E-state index contributed by atoms with van der Waals surface area (Å²) < 4.78 is 0. The van der Waals surface area contributed by atoms with Gasteiger partial charge in [-0.2, -0.15) is 0 Å². The van der Waals surface area contributed by atoms with E-state index in [9.17, 15) is 47.9 Å². The van der Waals surface area contributed by atoms with Crippen molar-refractivity contribution in [3.63, 3.8) is 0 Å². The van der Waals surface area contributed by atoms with Crippen LogP contribution in [0.3, 0.4) is 0 Å². The van der Waals surface area contributed by atoms with Gasteiger partial charge in [0, 0.05) is 128 Å². The highest BCUT2D eigenvalue weighted by atomic mass is 16.2. The summed E-state index contributed by atoms with van der Waals surface area (Å²) in [6.45, 7) is 21.4. The molecule has 0 aliphatic carbocycles. The largest absolute Gasteiger partial charge is 0.355 e. The lowest BCUT2D eigenvalue weighted by Gasteiger charge is -2.27. The molecule has 0 aromatic heterocycles. The number of Topliss-reactive ketones (excluding diaryl/α,β-unsaturated/α-hetero) is 1. The molecule has 0 aromatic carbocycles. The fourth-order valence-corrected chi connectivity index (χ4v) is 4.08. The molecule has 9 amide bonds. The number of ketones is 1. The SMILES string of the molecule is CC(=O)CCN(CNC(C)=O)CNC(C)=O.CC(=O)NCCN(CCNC(C)=O)CCNC(C)=O.CC(=O)NCN(CCN(CNC(C)=O)CNC(C)=O)CNC(C)=O. The Bertz CT molecular complexity index is 1150. The normalized spacial score (nSPS) is 10.2. The zero-order valence-corrected chi connectivity index (χ0v) is 36.7. The van der Waals surface area contributed by atoms with E-state index in [4.69, 9.17) is 0 Å². The van der Waals surface area contributed by atoms with Crippen molar-refractivity contribution < 1.29 is 47.9 Å². The van der Waals surface area contributed by atoms with Crippen molar-refractivity contribution >= 4 is 58.9 Å². The van der Waals surface area contributed by atoms with Crippen molar-refractivity contribution in [1.82, 2.24) is 67.5 Å². The summed E-state index contributed by atoms with van der Waals surface area (Å²) in [4.78, 5) is 116. The van der Waals surface area contributed by atoms with Crippen LogP contribution in [0.5, 0.6) is 0 Å². The molecule has 9 N–H and O–H groups in total. The van der Waals surface area contributed by atoms with E-state index in [1.54, 1.807) is 4.90 Å². The van der Waals surface area contributed by atoms with Gasteiger partial charge in [0.25, 0.3) is 0 Å². The van der Waals surface area contributed by atoms with E-state index in [1.165, 1.54) is 69.2 Å². The van der Waals surface area contributed by atoms with Crippen LogP contribution < -0.4 is 47.9 Å². The molecule has 0 unspecified atom stereocenters. The Kier molecular flexibility index (Phi) is 36.4. The van der Waals surface area contributed by atoms with Gasteiger partial charge in [-0.1, -0.05) is 0 Å². The van der Waals surface area contributed by atoms with Gasteiger partial charge >= 0.3 is 0 Å². The molecule has 340 valence electrons. The molecule has 0 aliphatic heterocycles. The minimum absolute atomic E-state index is 0.0660. The molecule has 59 heavy (non-hydrogen) atoms. The Hall–Kier alpha value is -5.26. The Morgan fingerprint density at radius 2 is 0.475 bits per heavy atom. The summed E-state index contributed by atoms with van der Waals surface area (Å²) in [6.07, 6.45) is 0.402. The molecule has 0 heterocycles. The van der Waals surface area contributed by atoms with Crippen molar-refractivity contribution in [2.75, 3.05) is 98.9 Å². The van der Waals surface area contributed by atoms with Crippen molar-refractivity contribution in [3.05, 3.63) is 0 Å². The zero-order chi connectivity index (χ0) is 45.8. The molecule has 0 atom stereocenters. The molecular formula is C36H71N13O10. The minimum Gasteiger partial charge on any atom is -0.355 e. The average molecular weight is 846 g/mol. The number of hydrogen-bond donors (Lipinski definition) is 9. The lowest BCUT2D eigenvalue weighted by Crippen LogP contribution is -2.49. The summed E-state index contributed by atoms with van der Waals surface area (Å²) in [5, 5.41) is 24.1. The number of rotatable bonds is 27. The number of carbonyl (C=O) groups is 10. The molecule has 0 fully saturated rings. The van der Waals surface area contributed by atoms with E-state index in [2.05, 4.69) is 52.8 Å². The smallest absolute Gasteiger partial charge is 0.217 e. The fourth-order valence-electron chi connectivity index (χ4n) is 4.08. The first kappa shape index (κ1) is 58.1. The second-order valence-electron chi connectivity index (χ2n) is 13.3. The topological polar surface area (TPSA) is 292 Å². The quantitative estimate of drug-likeness (QED) is 0.0358. The van der Waals surface area contributed by atoms with Gasteiger partial charge in [0.1, 0.15) is 5.78 Å². The number of amides is 9. The lowest BCUT2D eigenvalue weighted by atomic mass is 10.3. The molecule has 0 spiro atoms. The van der Waals surface area contributed by atoms with Gasteiger partial charge in [-0.05, 0) is 6.92 Å². The van der Waals surface area contributed by atoms with Gasteiger partial charge < -0.3 is 47.9 Å². The maximum absolute atomic E-state index is 11.0. The van der Waals surface area contributed by atoms with E-state index in [0.29, 0.717) is 78.7 Å². The van der Waals surface area contributed by atoms with Crippen molar-refractivity contribution in [3.8, 4) is 0 Å². The van der Waals surface area contributed by atoms with E-state index in [0.717, 1.165) is 0 Å². The van der Waals surface area contributed by atoms with Gasteiger partial charge in [-0.25, -0.2) is 0 Å². The lowest BCUT2D eigenvalue weighted by molar-refractivity contribution is -0.122. The van der Waals surface area contributed by atoms with Crippen LogP contribution in [0.1, 0.15) is 75.7 Å². The zero-order valence-electron chi connectivity index (χ0n) is 36.7. The van der Waals surface area contributed by atoms with Gasteiger partial charge in [-0.15, -0.1) is 0 Å². The standard InChI is InChI=1S/C14H28N6O4.C12H24N4O3.C10H19N3O3/c1-11(21)15-7-19(8-16-12(2)22)5-6-20(9-17-13(3)23)10-18-14(4)24;1-10(17)13-4-7-16(8-5-14-11(2)18)9-6-15-12(3)19;1-8(14)4-5-13(6-11-9(2)15)7-12-10(3)16/h5-10H2,1-4H3,(H,15,21)(H,16,22)(H,17,23)(H,18,24);4-9H2,1-3H3,(H,13,17)(H,14,18)(H,15,19);4-7H2,1-3H3,(H,11,15)(H,12,16). The predicted octanol–water partition coefficient (Wildman–Crippen LogP) is -3.88. The van der Waals surface area contributed by atoms with Crippen molar-refractivity contribution in [2.45, 2.75) is 75.7 Å². The molecule has 0 aromatic rings. The molecule has 0 radical (unpaired) electrons. The maximum Gasteiger partial charge on any atom is 0.217 e. The molecule has 0 saturated heterocycles. The number of carbonyl (C=O) groups excluding carboxylic acids is 10. The molecular weight excluding hydrogens is 774 g/mol. The number of nitrogens with one attached hydrogen (secondary N) is 9. The minimum atomic E-state index is -0.170. The molecule has 23 nitrogen and oxygen atoms in total. The van der Waals surface area contributed by atoms with Crippen LogP contribution >= 0.6 is 0 Å². The predicted molar refractivity (Wildman–Crippen MR) is 220 cm³/mol. The van der Waals surface area contributed by atoms with Crippen LogP contribution in [0.25, 0.3) is 0 Å². The third-order valence-corrected chi connectivity index (χ3v) is 7.23. The highest BCUT2D eigenvalue weighted by Crippen LogP contribution is 1.92. The first-order valence-corrected chi connectivity index (χ1v) is 19.1.